The topological polar surface area (TPSA) is 55.2 Å². The lowest BCUT2D eigenvalue weighted by molar-refractivity contribution is -0.133. The van der Waals surface area contributed by atoms with Crippen molar-refractivity contribution in [2.45, 2.75) is 19.6 Å². The Labute approximate surface area is 164 Å². The fraction of sp³-hybridized carbons (Fsp3) is 0.150. The second kappa shape index (κ2) is 7.85. The normalized spacial score (nSPS) is 11.0. The van der Waals surface area contributed by atoms with Crippen LogP contribution in [0.25, 0.3) is 11.0 Å². The van der Waals surface area contributed by atoms with Crippen LogP contribution in [-0.2, 0) is 24.4 Å². The molecule has 0 bridgehead atoms. The second-order valence-electron chi connectivity index (χ2n) is 6.08. The highest BCUT2D eigenvalue weighted by Crippen LogP contribution is 2.18. The van der Waals surface area contributed by atoms with Gasteiger partial charge in [-0.15, -0.1) is 22.7 Å². The number of hydrogen-bond donors (Lipinski definition) is 0. The number of nitrogens with zero attached hydrogens (tertiary/aromatic N) is 3. The molecule has 1 amide bonds. The van der Waals surface area contributed by atoms with Gasteiger partial charge in [0.1, 0.15) is 6.54 Å². The third-order valence-electron chi connectivity index (χ3n) is 4.25. The smallest absolute Gasteiger partial charge is 0.269 e. The van der Waals surface area contributed by atoms with Crippen molar-refractivity contribution < 1.29 is 4.79 Å². The Bertz CT molecular complexity index is 1070. The van der Waals surface area contributed by atoms with Gasteiger partial charge in [-0.2, -0.15) is 0 Å². The quantitative estimate of drug-likeness (QED) is 0.500. The standard InChI is InChI=1S/C20H17N3O2S2/c24-19-11-21-17-7-1-2-8-18(17)23(19)14-20(25)22(12-15-5-3-9-26-15)13-16-6-4-10-27-16/h1-11H,12-14H2. The Kier molecular flexibility index (Phi) is 5.13. The van der Waals surface area contributed by atoms with Crippen LogP contribution in [0.4, 0.5) is 0 Å². The number of amides is 1. The highest BCUT2D eigenvalue weighted by Gasteiger charge is 2.18. The van der Waals surface area contributed by atoms with Crippen molar-refractivity contribution in [1.82, 2.24) is 14.5 Å². The van der Waals surface area contributed by atoms with E-state index in [9.17, 15) is 9.59 Å². The van der Waals surface area contributed by atoms with Crippen LogP contribution in [-0.4, -0.2) is 20.4 Å². The summed E-state index contributed by atoms with van der Waals surface area (Å²) in [6, 6.07) is 15.4. The Morgan fingerprint density at radius 2 is 1.63 bits per heavy atom. The van der Waals surface area contributed by atoms with Crippen molar-refractivity contribution >= 4 is 39.6 Å². The first-order valence-electron chi connectivity index (χ1n) is 8.48. The molecule has 1 aromatic carbocycles. The molecule has 7 heteroatoms. The lowest BCUT2D eigenvalue weighted by Gasteiger charge is -2.22. The molecule has 4 aromatic rings. The van der Waals surface area contributed by atoms with E-state index in [1.165, 1.54) is 10.8 Å². The predicted molar refractivity (Wildman–Crippen MR) is 109 cm³/mol. The molecule has 4 rings (SSSR count). The summed E-state index contributed by atoms with van der Waals surface area (Å²) < 4.78 is 1.50. The van der Waals surface area contributed by atoms with Gasteiger partial charge >= 0.3 is 0 Å². The SMILES string of the molecule is O=C(Cn1c(=O)cnc2ccccc21)N(Cc1cccs1)Cc1cccs1. The summed E-state index contributed by atoms with van der Waals surface area (Å²) in [6.07, 6.45) is 1.28. The minimum Gasteiger partial charge on any atom is -0.331 e. The van der Waals surface area contributed by atoms with E-state index in [0.717, 1.165) is 9.75 Å². The maximum Gasteiger partial charge on any atom is 0.269 e. The number of thiophene rings is 2. The minimum absolute atomic E-state index is 0.00137. The van der Waals surface area contributed by atoms with Crippen LogP contribution in [0.15, 0.2) is 70.3 Å². The third-order valence-corrected chi connectivity index (χ3v) is 5.97. The van der Waals surface area contributed by atoms with Gasteiger partial charge in [-0.25, -0.2) is 4.98 Å². The van der Waals surface area contributed by atoms with Crippen molar-refractivity contribution in [2.75, 3.05) is 0 Å². The van der Waals surface area contributed by atoms with Crippen molar-refractivity contribution in [3.05, 3.63) is 85.6 Å². The molecule has 0 radical (unpaired) electrons. The summed E-state index contributed by atoms with van der Waals surface area (Å²) in [4.78, 5) is 33.7. The van der Waals surface area contributed by atoms with Gasteiger partial charge in [0, 0.05) is 9.75 Å². The third kappa shape index (κ3) is 3.99. The lowest BCUT2D eigenvalue weighted by atomic mass is 10.3. The minimum atomic E-state index is -0.269. The average molecular weight is 396 g/mol. The Hall–Kier alpha value is -2.77. The molecule has 0 N–H and O–H groups in total. The van der Waals surface area contributed by atoms with Gasteiger partial charge in [0.15, 0.2) is 0 Å². The van der Waals surface area contributed by atoms with Crippen LogP contribution in [0.3, 0.4) is 0 Å². The largest absolute Gasteiger partial charge is 0.331 e. The number of para-hydroxylation sites is 2. The van der Waals surface area contributed by atoms with E-state index >= 15 is 0 Å². The molecule has 0 spiro atoms. The molecule has 0 fully saturated rings. The van der Waals surface area contributed by atoms with Gasteiger partial charge in [-0.3, -0.25) is 14.2 Å². The molecule has 136 valence electrons. The first-order valence-corrected chi connectivity index (χ1v) is 10.2. The van der Waals surface area contributed by atoms with E-state index in [-0.39, 0.29) is 18.0 Å². The van der Waals surface area contributed by atoms with Gasteiger partial charge < -0.3 is 4.90 Å². The van der Waals surface area contributed by atoms with Crippen LogP contribution >= 0.6 is 22.7 Å². The summed E-state index contributed by atoms with van der Waals surface area (Å²) in [5.74, 6) is -0.0877. The maximum atomic E-state index is 13.1. The highest BCUT2D eigenvalue weighted by molar-refractivity contribution is 7.10. The molecule has 3 aromatic heterocycles. The first kappa shape index (κ1) is 17.6. The van der Waals surface area contributed by atoms with Gasteiger partial charge in [0.05, 0.1) is 30.3 Å². The van der Waals surface area contributed by atoms with Crippen molar-refractivity contribution in [3.63, 3.8) is 0 Å². The number of rotatable bonds is 6. The summed E-state index contributed by atoms with van der Waals surface area (Å²) in [5.41, 5.74) is 1.10. The summed E-state index contributed by atoms with van der Waals surface area (Å²) in [7, 11) is 0. The van der Waals surface area contributed by atoms with Crippen LogP contribution in [0.2, 0.25) is 0 Å². The predicted octanol–water partition coefficient (Wildman–Crippen LogP) is 3.75. The van der Waals surface area contributed by atoms with Gasteiger partial charge in [0.2, 0.25) is 5.91 Å². The zero-order chi connectivity index (χ0) is 18.6. The summed E-state index contributed by atoms with van der Waals surface area (Å²) in [6.45, 7) is 1.07. The van der Waals surface area contributed by atoms with Crippen molar-refractivity contribution in [3.8, 4) is 0 Å². The second-order valence-corrected chi connectivity index (χ2v) is 8.14. The molecule has 0 unspecified atom stereocenters. The van der Waals surface area contributed by atoms with Crippen molar-refractivity contribution in [1.29, 1.82) is 0 Å². The van der Waals surface area contributed by atoms with E-state index in [1.54, 1.807) is 27.6 Å². The first-order chi connectivity index (χ1) is 13.2. The molecule has 0 aliphatic carbocycles. The van der Waals surface area contributed by atoms with Crippen LogP contribution in [0, 0.1) is 0 Å². The molecular formula is C20H17N3O2S2. The van der Waals surface area contributed by atoms with E-state index in [2.05, 4.69) is 4.98 Å². The maximum absolute atomic E-state index is 13.1. The number of hydrogen-bond acceptors (Lipinski definition) is 5. The Morgan fingerprint density at radius 1 is 0.963 bits per heavy atom. The zero-order valence-corrected chi connectivity index (χ0v) is 16.1. The zero-order valence-electron chi connectivity index (χ0n) is 14.4. The monoisotopic (exact) mass is 395 g/mol. The molecule has 0 aliphatic heterocycles. The van der Waals surface area contributed by atoms with E-state index in [0.29, 0.717) is 24.1 Å². The van der Waals surface area contributed by atoms with Crippen molar-refractivity contribution in [2.24, 2.45) is 0 Å². The number of aromatic nitrogens is 2. The van der Waals surface area contributed by atoms with E-state index in [1.807, 2.05) is 59.3 Å². The highest BCUT2D eigenvalue weighted by atomic mass is 32.1. The van der Waals surface area contributed by atoms with Crippen LogP contribution in [0.5, 0.6) is 0 Å². The molecule has 5 nitrogen and oxygen atoms in total. The van der Waals surface area contributed by atoms with E-state index in [4.69, 9.17) is 0 Å². The fourth-order valence-electron chi connectivity index (χ4n) is 2.93. The number of carbonyl (C=O) groups excluding carboxylic acids is 1. The molecule has 0 saturated carbocycles. The Morgan fingerprint density at radius 3 is 2.26 bits per heavy atom. The average Bonchev–Trinajstić information content (AvgIpc) is 3.37. The molecule has 0 aliphatic rings. The molecule has 3 heterocycles. The molecular weight excluding hydrogens is 378 g/mol. The Balaban J connectivity index is 1.63. The van der Waals surface area contributed by atoms with Gasteiger partial charge in [0.25, 0.3) is 5.56 Å². The number of fused-ring (bicyclic) bond motifs is 1. The summed E-state index contributed by atoms with van der Waals surface area (Å²) >= 11 is 3.25. The van der Waals surface area contributed by atoms with Gasteiger partial charge in [-0.05, 0) is 35.0 Å². The molecule has 0 atom stereocenters. The summed E-state index contributed by atoms with van der Waals surface area (Å²) in [5, 5.41) is 4.01. The lowest BCUT2D eigenvalue weighted by Crippen LogP contribution is -2.35. The number of carbonyl (C=O) groups is 1. The van der Waals surface area contributed by atoms with E-state index < -0.39 is 0 Å². The van der Waals surface area contributed by atoms with Crippen LogP contribution in [0.1, 0.15) is 9.75 Å². The number of benzene rings is 1. The fourth-order valence-corrected chi connectivity index (χ4v) is 4.37. The molecule has 27 heavy (non-hydrogen) atoms. The molecule has 0 saturated heterocycles. The van der Waals surface area contributed by atoms with Crippen LogP contribution < -0.4 is 5.56 Å². The van der Waals surface area contributed by atoms with Gasteiger partial charge in [-0.1, -0.05) is 24.3 Å².